The van der Waals surface area contributed by atoms with E-state index >= 15 is 0 Å². The Morgan fingerprint density at radius 1 is 1.04 bits per heavy atom. The zero-order valence-electron chi connectivity index (χ0n) is 14.6. The summed E-state index contributed by atoms with van der Waals surface area (Å²) < 4.78 is 0. The molecule has 0 N–H and O–H groups in total. The van der Waals surface area contributed by atoms with Gasteiger partial charge < -0.3 is 4.90 Å². The third kappa shape index (κ3) is 4.91. The molecule has 1 saturated heterocycles. The van der Waals surface area contributed by atoms with Crippen LogP contribution in [0, 0.1) is 5.92 Å². The molecule has 3 rings (SSSR count). The Balaban J connectivity index is 1.34. The van der Waals surface area contributed by atoms with E-state index in [1.807, 2.05) is 30.3 Å². The number of piperidine rings is 1. The van der Waals surface area contributed by atoms with Crippen LogP contribution in [0.5, 0.6) is 0 Å². The van der Waals surface area contributed by atoms with Crippen LogP contribution in [0.4, 0.5) is 0 Å². The molecule has 0 spiro atoms. The van der Waals surface area contributed by atoms with Crippen LogP contribution in [-0.2, 0) is 0 Å². The SMILES string of the molecule is O=C(c1ccccc1)C1CCN(CCCCC2=CCCC=C2)CC1. The molecular weight excluding hydrogens is 294 g/mol. The number of carbonyl (C=O) groups excluding carboxylic acids is 1. The standard InChI is InChI=1S/C22H29NO/c24-22(20-12-5-2-6-13-20)21-14-17-23(18-15-21)16-8-7-11-19-9-3-1-4-10-19/h2-3,5-6,9-10,12-13,21H,1,4,7-8,11,14-18H2. The molecule has 1 aliphatic heterocycles. The molecule has 1 fully saturated rings. The van der Waals surface area contributed by atoms with Crippen molar-refractivity contribution < 1.29 is 4.79 Å². The molecule has 1 aliphatic carbocycles. The third-order valence-electron chi connectivity index (χ3n) is 5.28. The van der Waals surface area contributed by atoms with Gasteiger partial charge in [0.25, 0.3) is 0 Å². The number of hydrogen-bond donors (Lipinski definition) is 0. The van der Waals surface area contributed by atoms with Crippen LogP contribution in [0.25, 0.3) is 0 Å². The van der Waals surface area contributed by atoms with Crippen LogP contribution in [0.15, 0.2) is 54.1 Å². The second kappa shape index (κ2) is 8.98. The second-order valence-electron chi connectivity index (χ2n) is 7.06. The first kappa shape index (κ1) is 17.2. The van der Waals surface area contributed by atoms with Crippen LogP contribution < -0.4 is 0 Å². The first-order valence-electron chi connectivity index (χ1n) is 9.50. The summed E-state index contributed by atoms with van der Waals surface area (Å²) in [5.41, 5.74) is 2.40. The quantitative estimate of drug-likeness (QED) is 0.518. The molecule has 0 saturated carbocycles. The van der Waals surface area contributed by atoms with E-state index in [4.69, 9.17) is 0 Å². The van der Waals surface area contributed by atoms with Gasteiger partial charge in [0.15, 0.2) is 5.78 Å². The van der Waals surface area contributed by atoms with Crippen molar-refractivity contribution in [3.63, 3.8) is 0 Å². The monoisotopic (exact) mass is 323 g/mol. The minimum Gasteiger partial charge on any atom is -0.303 e. The van der Waals surface area contributed by atoms with Crippen LogP contribution in [0.1, 0.15) is 55.3 Å². The lowest BCUT2D eigenvalue weighted by Gasteiger charge is -2.31. The average molecular weight is 323 g/mol. The van der Waals surface area contributed by atoms with Crippen LogP contribution in [-0.4, -0.2) is 30.3 Å². The van der Waals surface area contributed by atoms with Crippen molar-refractivity contribution in [3.05, 3.63) is 59.7 Å². The molecule has 0 radical (unpaired) electrons. The number of unbranched alkanes of at least 4 members (excludes halogenated alkanes) is 1. The van der Waals surface area contributed by atoms with E-state index in [1.165, 1.54) is 44.2 Å². The second-order valence-corrected chi connectivity index (χ2v) is 7.06. The van der Waals surface area contributed by atoms with Gasteiger partial charge in [-0.3, -0.25) is 4.79 Å². The van der Waals surface area contributed by atoms with E-state index < -0.39 is 0 Å². The predicted octanol–water partition coefficient (Wildman–Crippen LogP) is 5.03. The lowest BCUT2D eigenvalue weighted by Crippen LogP contribution is -2.36. The molecule has 0 atom stereocenters. The number of ketones is 1. The molecule has 1 aromatic rings. The summed E-state index contributed by atoms with van der Waals surface area (Å²) in [6.45, 7) is 3.33. The van der Waals surface area contributed by atoms with E-state index in [0.717, 1.165) is 31.5 Å². The highest BCUT2D eigenvalue weighted by molar-refractivity contribution is 5.97. The molecule has 1 aromatic carbocycles. The Kier molecular flexibility index (Phi) is 6.42. The van der Waals surface area contributed by atoms with Gasteiger partial charge in [0.2, 0.25) is 0 Å². The fourth-order valence-corrected chi connectivity index (χ4v) is 3.77. The summed E-state index contributed by atoms with van der Waals surface area (Å²) in [5, 5.41) is 0. The van der Waals surface area contributed by atoms with Gasteiger partial charge in [0.1, 0.15) is 0 Å². The van der Waals surface area contributed by atoms with E-state index in [1.54, 1.807) is 0 Å². The van der Waals surface area contributed by atoms with Gasteiger partial charge in [0.05, 0.1) is 0 Å². The minimum atomic E-state index is 0.223. The lowest BCUT2D eigenvalue weighted by atomic mass is 9.89. The highest BCUT2D eigenvalue weighted by atomic mass is 16.1. The van der Waals surface area contributed by atoms with Gasteiger partial charge in [-0.25, -0.2) is 0 Å². The summed E-state index contributed by atoms with van der Waals surface area (Å²) >= 11 is 0. The van der Waals surface area contributed by atoms with Crippen LogP contribution in [0.2, 0.25) is 0 Å². The smallest absolute Gasteiger partial charge is 0.166 e. The van der Waals surface area contributed by atoms with E-state index in [0.29, 0.717) is 5.78 Å². The zero-order chi connectivity index (χ0) is 16.6. The number of hydrogen-bond acceptors (Lipinski definition) is 2. The molecule has 1 heterocycles. The summed E-state index contributed by atoms with van der Waals surface area (Å²) in [5.74, 6) is 0.562. The van der Waals surface area contributed by atoms with Crippen LogP contribution in [0.3, 0.4) is 0 Å². The summed E-state index contributed by atoms with van der Waals surface area (Å²) in [7, 11) is 0. The maximum Gasteiger partial charge on any atom is 0.166 e. The Bertz CT molecular complexity index is 579. The molecule has 2 nitrogen and oxygen atoms in total. The molecule has 0 bridgehead atoms. The van der Waals surface area contributed by atoms with Gasteiger partial charge >= 0.3 is 0 Å². The minimum absolute atomic E-state index is 0.223. The zero-order valence-corrected chi connectivity index (χ0v) is 14.6. The maximum atomic E-state index is 12.5. The number of benzene rings is 1. The topological polar surface area (TPSA) is 20.3 Å². The third-order valence-corrected chi connectivity index (χ3v) is 5.28. The number of allylic oxidation sites excluding steroid dienone is 4. The highest BCUT2D eigenvalue weighted by Gasteiger charge is 2.25. The maximum absolute atomic E-state index is 12.5. The first-order chi connectivity index (χ1) is 11.8. The molecule has 128 valence electrons. The molecule has 24 heavy (non-hydrogen) atoms. The number of nitrogens with zero attached hydrogens (tertiary/aromatic N) is 1. The van der Waals surface area contributed by atoms with E-state index in [9.17, 15) is 4.79 Å². The Hall–Kier alpha value is -1.67. The first-order valence-corrected chi connectivity index (χ1v) is 9.50. The van der Waals surface area contributed by atoms with Gasteiger partial charge in [0, 0.05) is 11.5 Å². The Morgan fingerprint density at radius 3 is 2.54 bits per heavy atom. The fraction of sp³-hybridized carbons (Fsp3) is 0.500. The average Bonchev–Trinajstić information content (AvgIpc) is 2.67. The number of rotatable bonds is 7. The number of likely N-dealkylation sites (tertiary alicyclic amines) is 1. The van der Waals surface area contributed by atoms with E-state index in [2.05, 4.69) is 23.1 Å². The summed E-state index contributed by atoms with van der Waals surface area (Å²) in [4.78, 5) is 15.1. The number of carbonyl (C=O) groups is 1. The van der Waals surface area contributed by atoms with Crippen molar-refractivity contribution in [2.45, 2.75) is 44.9 Å². The predicted molar refractivity (Wildman–Crippen MR) is 100 cm³/mol. The van der Waals surface area contributed by atoms with Crippen LogP contribution >= 0.6 is 0 Å². The van der Waals surface area contributed by atoms with Crippen molar-refractivity contribution >= 4 is 5.78 Å². The van der Waals surface area contributed by atoms with E-state index in [-0.39, 0.29) is 5.92 Å². The van der Waals surface area contributed by atoms with Crippen molar-refractivity contribution in [1.29, 1.82) is 0 Å². The van der Waals surface area contributed by atoms with Gasteiger partial charge in [-0.2, -0.15) is 0 Å². The normalized spacial score (nSPS) is 19.2. The van der Waals surface area contributed by atoms with Crippen molar-refractivity contribution in [2.75, 3.05) is 19.6 Å². The van der Waals surface area contributed by atoms with Crippen molar-refractivity contribution in [2.24, 2.45) is 5.92 Å². The van der Waals surface area contributed by atoms with Gasteiger partial charge in [-0.1, -0.05) is 54.1 Å². The highest BCUT2D eigenvalue weighted by Crippen LogP contribution is 2.22. The van der Waals surface area contributed by atoms with Gasteiger partial charge in [-0.05, 0) is 64.6 Å². The Labute approximate surface area is 146 Å². The molecule has 2 aliphatic rings. The summed E-state index contributed by atoms with van der Waals surface area (Å²) in [6, 6.07) is 9.78. The molecule has 2 heteroatoms. The number of Topliss-reactive ketones (excluding diaryl/α,β-unsaturated/α-hetero) is 1. The van der Waals surface area contributed by atoms with Gasteiger partial charge in [-0.15, -0.1) is 0 Å². The molecule has 0 aromatic heterocycles. The van der Waals surface area contributed by atoms with Crippen molar-refractivity contribution in [3.8, 4) is 0 Å². The molecule has 0 amide bonds. The molecule has 0 unspecified atom stereocenters. The molecular formula is C22H29NO. The Morgan fingerprint density at radius 2 is 1.83 bits per heavy atom. The van der Waals surface area contributed by atoms with Crippen molar-refractivity contribution in [1.82, 2.24) is 4.90 Å². The lowest BCUT2D eigenvalue weighted by molar-refractivity contribution is 0.0839. The largest absolute Gasteiger partial charge is 0.303 e. The fourth-order valence-electron chi connectivity index (χ4n) is 3.77. The summed E-state index contributed by atoms with van der Waals surface area (Å²) in [6.07, 6.45) is 15.2.